The molecule has 2 aromatic rings. The van der Waals surface area contributed by atoms with Gasteiger partial charge in [-0.15, -0.1) is 0 Å². The Morgan fingerprint density at radius 3 is 2.31 bits per heavy atom. The normalized spacial score (nSPS) is 20.1. The van der Waals surface area contributed by atoms with Crippen molar-refractivity contribution >= 4 is 29.2 Å². The molecule has 4 rings (SSSR count). The standard InChI is InChI=1S/C27H31N3O5/c1-18-7-12-21(23(17-18)27(33)34)25(31)28-24-6-4-3-5-22(24)26(32)30-15-13-29(14-16-30)19-8-10-20(35-2)11-9-19/h3-11,21,23H,12-17H2,1-2H3,(H,28,31)(H,33,34)/t21-,23+/m0/s1. The average Bonchev–Trinajstić information content (AvgIpc) is 2.88. The van der Waals surface area contributed by atoms with Crippen LogP contribution in [0.15, 0.2) is 60.2 Å². The number of piperazine rings is 1. The Hall–Kier alpha value is -3.81. The predicted octanol–water partition coefficient (Wildman–Crippen LogP) is 3.65. The molecule has 8 nitrogen and oxygen atoms in total. The van der Waals surface area contributed by atoms with Crippen LogP contribution in [-0.4, -0.2) is 61.1 Å². The second-order valence-electron chi connectivity index (χ2n) is 9.05. The topological polar surface area (TPSA) is 99.2 Å². The lowest BCUT2D eigenvalue weighted by atomic mass is 9.79. The molecule has 1 aliphatic carbocycles. The number of rotatable bonds is 6. The Kier molecular flexibility index (Phi) is 7.39. The highest BCUT2D eigenvalue weighted by Crippen LogP contribution is 2.31. The van der Waals surface area contributed by atoms with E-state index in [0.29, 0.717) is 50.3 Å². The SMILES string of the molecule is COc1ccc(N2CCN(C(=O)c3ccccc3NC(=O)[C@H]3CC=C(C)C[C@H]3C(=O)O)CC2)cc1. The number of hydrogen-bond acceptors (Lipinski definition) is 5. The highest BCUT2D eigenvalue weighted by Gasteiger charge is 2.36. The summed E-state index contributed by atoms with van der Waals surface area (Å²) in [5.74, 6) is -2.14. The number of anilines is 2. The van der Waals surface area contributed by atoms with E-state index in [1.165, 1.54) is 0 Å². The molecule has 0 saturated carbocycles. The highest BCUT2D eigenvalue weighted by atomic mass is 16.5. The van der Waals surface area contributed by atoms with Crippen LogP contribution in [0.5, 0.6) is 5.75 Å². The summed E-state index contributed by atoms with van der Waals surface area (Å²) in [6.45, 7) is 4.38. The smallest absolute Gasteiger partial charge is 0.307 e. The summed E-state index contributed by atoms with van der Waals surface area (Å²) in [6.07, 6.45) is 2.65. The molecule has 0 bridgehead atoms. The van der Waals surface area contributed by atoms with Gasteiger partial charge in [0.2, 0.25) is 5.91 Å². The predicted molar refractivity (Wildman–Crippen MR) is 134 cm³/mol. The number of carboxylic acids is 1. The summed E-state index contributed by atoms with van der Waals surface area (Å²) < 4.78 is 5.22. The van der Waals surface area contributed by atoms with Crippen LogP contribution in [0.3, 0.4) is 0 Å². The first-order chi connectivity index (χ1) is 16.9. The van der Waals surface area contributed by atoms with Crippen LogP contribution in [0.4, 0.5) is 11.4 Å². The largest absolute Gasteiger partial charge is 0.497 e. The van der Waals surface area contributed by atoms with E-state index in [9.17, 15) is 19.5 Å². The number of amides is 2. The highest BCUT2D eigenvalue weighted by molar-refractivity contribution is 6.05. The van der Waals surface area contributed by atoms with E-state index >= 15 is 0 Å². The molecule has 2 aromatic carbocycles. The summed E-state index contributed by atoms with van der Waals surface area (Å²) in [5, 5.41) is 12.5. The van der Waals surface area contributed by atoms with Crippen LogP contribution in [0.2, 0.25) is 0 Å². The molecule has 184 valence electrons. The number of aliphatic carboxylic acids is 1. The number of methoxy groups -OCH3 is 1. The van der Waals surface area contributed by atoms with Gasteiger partial charge in [0.05, 0.1) is 30.2 Å². The maximum Gasteiger partial charge on any atom is 0.307 e. The van der Waals surface area contributed by atoms with Gasteiger partial charge < -0.3 is 25.0 Å². The number of nitrogens with one attached hydrogen (secondary N) is 1. The first-order valence-corrected chi connectivity index (χ1v) is 11.8. The quantitative estimate of drug-likeness (QED) is 0.616. The van der Waals surface area contributed by atoms with Gasteiger partial charge in [0, 0.05) is 31.9 Å². The minimum Gasteiger partial charge on any atom is -0.497 e. The molecule has 2 amide bonds. The van der Waals surface area contributed by atoms with Gasteiger partial charge >= 0.3 is 5.97 Å². The van der Waals surface area contributed by atoms with Crippen LogP contribution in [0.1, 0.15) is 30.1 Å². The average molecular weight is 478 g/mol. The lowest BCUT2D eigenvalue weighted by Crippen LogP contribution is -2.49. The minimum absolute atomic E-state index is 0.149. The molecule has 8 heteroatoms. The monoisotopic (exact) mass is 477 g/mol. The van der Waals surface area contributed by atoms with Crippen LogP contribution in [-0.2, 0) is 9.59 Å². The molecular weight excluding hydrogens is 446 g/mol. The molecule has 35 heavy (non-hydrogen) atoms. The van der Waals surface area contributed by atoms with E-state index in [1.807, 2.05) is 37.3 Å². The van der Waals surface area contributed by atoms with E-state index in [4.69, 9.17) is 4.74 Å². The summed E-state index contributed by atoms with van der Waals surface area (Å²) in [5.41, 5.74) is 2.88. The van der Waals surface area contributed by atoms with Crippen molar-refractivity contribution in [3.05, 3.63) is 65.7 Å². The summed E-state index contributed by atoms with van der Waals surface area (Å²) >= 11 is 0. The van der Waals surface area contributed by atoms with Gasteiger partial charge in [-0.05, 0) is 56.2 Å². The number of allylic oxidation sites excluding steroid dienone is 2. The number of benzene rings is 2. The van der Waals surface area contributed by atoms with Gasteiger partial charge in [-0.2, -0.15) is 0 Å². The Morgan fingerprint density at radius 2 is 1.66 bits per heavy atom. The second kappa shape index (κ2) is 10.6. The fourth-order valence-corrected chi connectivity index (χ4v) is 4.75. The van der Waals surface area contributed by atoms with Crippen molar-refractivity contribution in [3.63, 3.8) is 0 Å². The number of carbonyl (C=O) groups is 3. The van der Waals surface area contributed by atoms with Crippen molar-refractivity contribution in [3.8, 4) is 5.75 Å². The summed E-state index contributed by atoms with van der Waals surface area (Å²) in [4.78, 5) is 42.1. The van der Waals surface area contributed by atoms with Crippen molar-refractivity contribution in [2.24, 2.45) is 11.8 Å². The molecule has 2 atom stereocenters. The van der Waals surface area contributed by atoms with E-state index in [1.54, 1.807) is 36.3 Å². The molecule has 0 aromatic heterocycles. The molecule has 1 fully saturated rings. The summed E-state index contributed by atoms with van der Waals surface area (Å²) in [6, 6.07) is 14.8. The van der Waals surface area contributed by atoms with Gasteiger partial charge in [-0.1, -0.05) is 23.8 Å². The Morgan fingerprint density at radius 1 is 0.971 bits per heavy atom. The number of ether oxygens (including phenoxy) is 1. The zero-order valence-corrected chi connectivity index (χ0v) is 20.1. The maximum absolute atomic E-state index is 13.4. The van der Waals surface area contributed by atoms with E-state index < -0.39 is 17.8 Å². The van der Waals surface area contributed by atoms with Crippen LogP contribution < -0.4 is 15.0 Å². The van der Waals surface area contributed by atoms with Gasteiger partial charge in [0.25, 0.3) is 5.91 Å². The van der Waals surface area contributed by atoms with Crippen LogP contribution in [0, 0.1) is 11.8 Å². The molecule has 2 N–H and O–H groups in total. The van der Waals surface area contributed by atoms with Crippen molar-refractivity contribution in [1.82, 2.24) is 4.90 Å². The molecule has 0 radical (unpaired) electrons. The van der Waals surface area contributed by atoms with Crippen LogP contribution in [0.25, 0.3) is 0 Å². The van der Waals surface area contributed by atoms with Gasteiger partial charge in [-0.3, -0.25) is 14.4 Å². The second-order valence-corrected chi connectivity index (χ2v) is 9.05. The molecule has 0 unspecified atom stereocenters. The van der Waals surface area contributed by atoms with E-state index in [-0.39, 0.29) is 11.8 Å². The molecule has 1 heterocycles. The molecule has 1 saturated heterocycles. The van der Waals surface area contributed by atoms with Crippen molar-refractivity contribution in [2.75, 3.05) is 43.5 Å². The van der Waals surface area contributed by atoms with Crippen LogP contribution >= 0.6 is 0 Å². The first-order valence-electron chi connectivity index (χ1n) is 11.8. The third kappa shape index (κ3) is 5.48. The molecular formula is C27H31N3O5. The van der Waals surface area contributed by atoms with Gasteiger partial charge in [0.15, 0.2) is 0 Å². The number of carboxylic acid groups (broad SMARTS) is 1. The third-order valence-corrected chi connectivity index (χ3v) is 6.82. The van der Waals surface area contributed by atoms with Crippen molar-refractivity contribution in [1.29, 1.82) is 0 Å². The zero-order valence-electron chi connectivity index (χ0n) is 20.1. The number of para-hydroxylation sites is 1. The van der Waals surface area contributed by atoms with Crippen molar-refractivity contribution in [2.45, 2.75) is 19.8 Å². The Balaban J connectivity index is 1.43. The lowest BCUT2D eigenvalue weighted by molar-refractivity contribution is -0.146. The zero-order chi connectivity index (χ0) is 24.9. The summed E-state index contributed by atoms with van der Waals surface area (Å²) in [7, 11) is 1.64. The molecule has 2 aliphatic rings. The Bertz CT molecular complexity index is 1120. The van der Waals surface area contributed by atoms with E-state index in [0.717, 1.165) is 17.0 Å². The fraction of sp³-hybridized carbons (Fsp3) is 0.370. The molecule has 0 spiro atoms. The number of nitrogens with zero attached hydrogens (tertiary/aromatic N) is 2. The van der Waals surface area contributed by atoms with Gasteiger partial charge in [0.1, 0.15) is 5.75 Å². The number of hydrogen-bond donors (Lipinski definition) is 2. The third-order valence-electron chi connectivity index (χ3n) is 6.82. The lowest BCUT2D eigenvalue weighted by Gasteiger charge is -2.36. The maximum atomic E-state index is 13.4. The minimum atomic E-state index is -0.975. The number of carbonyl (C=O) groups excluding carboxylic acids is 2. The van der Waals surface area contributed by atoms with Crippen molar-refractivity contribution < 1.29 is 24.2 Å². The first kappa shape index (κ1) is 24.3. The van der Waals surface area contributed by atoms with Gasteiger partial charge in [-0.25, -0.2) is 0 Å². The fourth-order valence-electron chi connectivity index (χ4n) is 4.75. The van der Waals surface area contributed by atoms with E-state index in [2.05, 4.69) is 10.2 Å². The Labute approximate surface area is 205 Å². The molecule has 1 aliphatic heterocycles.